The molecule has 0 saturated carbocycles. The maximum absolute atomic E-state index is 12.5. The standard InChI is InChI=1S/C14H20ClN3O/c1-14(2)9-18(8-7-17(14)3)13(19)10-5-4-6-11(16)12(10)15/h4-6H,7-9,16H2,1-3H3. The summed E-state index contributed by atoms with van der Waals surface area (Å²) in [6.07, 6.45) is 0. The number of amides is 1. The van der Waals surface area contributed by atoms with Crippen molar-refractivity contribution in [2.45, 2.75) is 19.4 Å². The van der Waals surface area contributed by atoms with Crippen LogP contribution in [0.3, 0.4) is 0 Å². The SMILES string of the molecule is CN1CCN(C(=O)c2cccc(N)c2Cl)CC1(C)C. The van der Waals surface area contributed by atoms with Crippen LogP contribution < -0.4 is 5.73 Å². The molecule has 19 heavy (non-hydrogen) atoms. The van der Waals surface area contributed by atoms with Gasteiger partial charge in [0.25, 0.3) is 5.91 Å². The fourth-order valence-corrected chi connectivity index (χ4v) is 2.51. The molecule has 1 saturated heterocycles. The molecule has 0 spiro atoms. The highest BCUT2D eigenvalue weighted by Crippen LogP contribution is 2.26. The Bertz CT molecular complexity index is 501. The van der Waals surface area contributed by atoms with E-state index >= 15 is 0 Å². The number of rotatable bonds is 1. The van der Waals surface area contributed by atoms with Gasteiger partial charge in [0.15, 0.2) is 0 Å². The molecule has 104 valence electrons. The fourth-order valence-electron chi connectivity index (χ4n) is 2.30. The highest BCUT2D eigenvalue weighted by molar-refractivity contribution is 6.36. The number of carbonyl (C=O) groups excluding carboxylic acids is 1. The van der Waals surface area contributed by atoms with E-state index in [1.54, 1.807) is 18.2 Å². The van der Waals surface area contributed by atoms with E-state index in [1.165, 1.54) is 0 Å². The molecule has 0 aromatic heterocycles. The van der Waals surface area contributed by atoms with Crippen LogP contribution in [-0.2, 0) is 0 Å². The van der Waals surface area contributed by atoms with Gasteiger partial charge in [-0.05, 0) is 33.0 Å². The van der Waals surface area contributed by atoms with Gasteiger partial charge in [0.05, 0.1) is 16.3 Å². The first-order valence-electron chi connectivity index (χ1n) is 6.37. The topological polar surface area (TPSA) is 49.6 Å². The smallest absolute Gasteiger partial charge is 0.255 e. The molecule has 1 aromatic rings. The van der Waals surface area contributed by atoms with Crippen LogP contribution in [0.2, 0.25) is 5.02 Å². The van der Waals surface area contributed by atoms with E-state index in [1.807, 2.05) is 4.90 Å². The van der Waals surface area contributed by atoms with Gasteiger partial charge in [-0.3, -0.25) is 9.69 Å². The number of anilines is 1. The van der Waals surface area contributed by atoms with Gasteiger partial charge in [-0.2, -0.15) is 0 Å². The number of benzene rings is 1. The maximum atomic E-state index is 12.5. The number of nitrogens with zero attached hydrogens (tertiary/aromatic N) is 2. The molecular weight excluding hydrogens is 262 g/mol. The molecule has 0 unspecified atom stereocenters. The van der Waals surface area contributed by atoms with Gasteiger partial charge in [0, 0.05) is 25.2 Å². The molecule has 1 fully saturated rings. The Morgan fingerprint density at radius 1 is 1.37 bits per heavy atom. The minimum atomic E-state index is -0.0431. The predicted molar refractivity (Wildman–Crippen MR) is 78.5 cm³/mol. The van der Waals surface area contributed by atoms with Crippen LogP contribution >= 0.6 is 11.6 Å². The van der Waals surface area contributed by atoms with Crippen LogP contribution in [0.1, 0.15) is 24.2 Å². The predicted octanol–water partition coefficient (Wildman–Crippen LogP) is 2.09. The zero-order valence-corrected chi connectivity index (χ0v) is 12.4. The molecule has 1 aliphatic rings. The maximum Gasteiger partial charge on any atom is 0.255 e. The van der Waals surface area contributed by atoms with Crippen molar-refractivity contribution in [3.05, 3.63) is 28.8 Å². The minimum absolute atomic E-state index is 0.0271. The molecule has 1 heterocycles. The van der Waals surface area contributed by atoms with Crippen LogP contribution in [0.4, 0.5) is 5.69 Å². The van der Waals surface area contributed by atoms with Crippen molar-refractivity contribution in [2.24, 2.45) is 0 Å². The second-order valence-electron chi connectivity index (χ2n) is 5.67. The molecule has 1 aromatic carbocycles. The average molecular weight is 282 g/mol. The van der Waals surface area contributed by atoms with E-state index in [0.717, 1.165) is 6.54 Å². The molecule has 4 nitrogen and oxygen atoms in total. The van der Waals surface area contributed by atoms with Crippen molar-refractivity contribution < 1.29 is 4.79 Å². The third kappa shape index (κ3) is 2.69. The number of piperazine rings is 1. The summed E-state index contributed by atoms with van der Waals surface area (Å²) >= 11 is 6.12. The lowest BCUT2D eigenvalue weighted by atomic mass is 9.99. The number of hydrogen-bond donors (Lipinski definition) is 1. The van der Waals surface area contributed by atoms with E-state index in [-0.39, 0.29) is 11.4 Å². The summed E-state index contributed by atoms with van der Waals surface area (Å²) in [6, 6.07) is 5.19. The number of nitrogen functional groups attached to an aromatic ring is 1. The van der Waals surface area contributed by atoms with Gasteiger partial charge in [-0.15, -0.1) is 0 Å². The van der Waals surface area contributed by atoms with E-state index in [0.29, 0.717) is 29.4 Å². The first-order chi connectivity index (χ1) is 8.83. The second-order valence-corrected chi connectivity index (χ2v) is 6.05. The van der Waals surface area contributed by atoms with E-state index in [2.05, 4.69) is 25.8 Å². The summed E-state index contributed by atoms with van der Waals surface area (Å²) in [7, 11) is 2.08. The number of carbonyl (C=O) groups is 1. The van der Waals surface area contributed by atoms with Crippen LogP contribution in [-0.4, -0.2) is 47.9 Å². The minimum Gasteiger partial charge on any atom is -0.398 e. The van der Waals surface area contributed by atoms with Crippen LogP contribution in [0, 0.1) is 0 Å². The van der Waals surface area contributed by atoms with Gasteiger partial charge >= 0.3 is 0 Å². The van der Waals surface area contributed by atoms with Gasteiger partial charge in [-0.25, -0.2) is 0 Å². The quantitative estimate of drug-likeness (QED) is 0.802. The van der Waals surface area contributed by atoms with E-state index in [4.69, 9.17) is 17.3 Å². The number of halogens is 1. The first-order valence-corrected chi connectivity index (χ1v) is 6.75. The van der Waals surface area contributed by atoms with Crippen LogP contribution in [0.15, 0.2) is 18.2 Å². The van der Waals surface area contributed by atoms with Crippen molar-refractivity contribution in [3.63, 3.8) is 0 Å². The lowest BCUT2D eigenvalue weighted by molar-refractivity contribution is 0.0311. The normalized spacial score (nSPS) is 19.5. The highest BCUT2D eigenvalue weighted by atomic mass is 35.5. The van der Waals surface area contributed by atoms with Crippen molar-refractivity contribution >= 4 is 23.2 Å². The Labute approximate surface area is 119 Å². The molecule has 2 rings (SSSR count). The zero-order chi connectivity index (χ0) is 14.2. The fraction of sp³-hybridized carbons (Fsp3) is 0.500. The lowest BCUT2D eigenvalue weighted by Crippen LogP contribution is -2.58. The highest BCUT2D eigenvalue weighted by Gasteiger charge is 2.34. The van der Waals surface area contributed by atoms with Crippen molar-refractivity contribution in [1.29, 1.82) is 0 Å². The molecule has 0 atom stereocenters. The van der Waals surface area contributed by atoms with Gasteiger partial charge in [0.1, 0.15) is 0 Å². The van der Waals surface area contributed by atoms with Crippen LogP contribution in [0.5, 0.6) is 0 Å². The molecule has 1 aliphatic heterocycles. The zero-order valence-electron chi connectivity index (χ0n) is 11.6. The number of nitrogens with two attached hydrogens (primary N) is 1. The summed E-state index contributed by atoms with van der Waals surface area (Å²) in [5.74, 6) is -0.0431. The van der Waals surface area contributed by atoms with E-state index in [9.17, 15) is 4.79 Å². The van der Waals surface area contributed by atoms with Crippen molar-refractivity contribution in [3.8, 4) is 0 Å². The summed E-state index contributed by atoms with van der Waals surface area (Å²) in [5, 5.41) is 0.351. The third-order valence-electron chi connectivity index (χ3n) is 3.86. The number of likely N-dealkylation sites (N-methyl/N-ethyl adjacent to an activating group) is 1. The second kappa shape index (κ2) is 5.02. The molecule has 0 radical (unpaired) electrons. The molecule has 2 N–H and O–H groups in total. The lowest BCUT2D eigenvalue weighted by Gasteiger charge is -2.45. The Hall–Kier alpha value is -1.26. The summed E-state index contributed by atoms with van der Waals surface area (Å²) in [6.45, 7) is 6.52. The Balaban J connectivity index is 2.23. The van der Waals surface area contributed by atoms with E-state index < -0.39 is 0 Å². The molecule has 1 amide bonds. The molecular formula is C14H20ClN3O. The van der Waals surface area contributed by atoms with Gasteiger partial charge in [-0.1, -0.05) is 17.7 Å². The molecule has 0 aliphatic carbocycles. The Kier molecular flexibility index (Phi) is 3.74. The Morgan fingerprint density at radius 3 is 2.68 bits per heavy atom. The van der Waals surface area contributed by atoms with Crippen molar-refractivity contribution in [1.82, 2.24) is 9.80 Å². The van der Waals surface area contributed by atoms with Crippen LogP contribution in [0.25, 0.3) is 0 Å². The van der Waals surface area contributed by atoms with Crippen molar-refractivity contribution in [2.75, 3.05) is 32.4 Å². The summed E-state index contributed by atoms with van der Waals surface area (Å²) < 4.78 is 0. The van der Waals surface area contributed by atoms with Gasteiger partial charge < -0.3 is 10.6 Å². The first kappa shape index (κ1) is 14.2. The monoisotopic (exact) mass is 281 g/mol. The van der Waals surface area contributed by atoms with Gasteiger partial charge in [0.2, 0.25) is 0 Å². The largest absolute Gasteiger partial charge is 0.398 e. The third-order valence-corrected chi connectivity index (χ3v) is 4.28. The average Bonchev–Trinajstić information content (AvgIpc) is 2.35. The molecule has 0 bridgehead atoms. The summed E-state index contributed by atoms with van der Waals surface area (Å²) in [4.78, 5) is 16.6. The Morgan fingerprint density at radius 2 is 2.05 bits per heavy atom. The molecule has 5 heteroatoms. The number of hydrogen-bond acceptors (Lipinski definition) is 3. The summed E-state index contributed by atoms with van der Waals surface area (Å²) in [5.41, 5.74) is 6.66.